The number of likely N-dealkylation sites (tertiary alicyclic amines) is 1. The lowest BCUT2D eigenvalue weighted by molar-refractivity contribution is 0.0623. The van der Waals surface area contributed by atoms with Crippen molar-refractivity contribution < 1.29 is 13.6 Å². The molecule has 2 amide bonds. The van der Waals surface area contributed by atoms with E-state index in [0.29, 0.717) is 24.7 Å². The van der Waals surface area contributed by atoms with Crippen LogP contribution in [-0.4, -0.2) is 48.9 Å². The van der Waals surface area contributed by atoms with Crippen LogP contribution >= 0.6 is 0 Å². The summed E-state index contributed by atoms with van der Waals surface area (Å²) < 4.78 is 26.9. The summed E-state index contributed by atoms with van der Waals surface area (Å²) in [6.45, 7) is 3.64. The zero-order valence-electron chi connectivity index (χ0n) is 21.1. The molecule has 2 aliphatic heterocycles. The van der Waals surface area contributed by atoms with Crippen molar-refractivity contribution in [1.29, 1.82) is 0 Å². The topological polar surface area (TPSA) is 53.9 Å². The molecule has 1 atom stereocenters. The van der Waals surface area contributed by atoms with Gasteiger partial charge in [0.25, 0.3) is 0 Å². The second kappa shape index (κ2) is 8.62. The molecule has 164 valence electrons. The van der Waals surface area contributed by atoms with Gasteiger partial charge in [-0.2, -0.15) is 0 Å². The monoisotopic (exact) mass is 422 g/mol. The smallest absolute Gasteiger partial charge is 0.317 e. The van der Waals surface area contributed by atoms with E-state index >= 15 is 0 Å². The number of benzene rings is 1. The maximum atomic E-state index is 12.9. The number of nitrogens with zero attached hydrogens (tertiary/aromatic N) is 2. The summed E-state index contributed by atoms with van der Waals surface area (Å²) in [4.78, 5) is 19.8. The van der Waals surface area contributed by atoms with Crippen molar-refractivity contribution in [2.75, 3.05) is 20.1 Å². The van der Waals surface area contributed by atoms with Crippen LogP contribution in [0.25, 0.3) is 5.57 Å². The fraction of sp³-hybridized carbons (Fsp3) is 0.538. The van der Waals surface area contributed by atoms with Gasteiger partial charge in [-0.25, -0.2) is 4.79 Å². The van der Waals surface area contributed by atoms with Gasteiger partial charge in [-0.15, -0.1) is 0 Å². The van der Waals surface area contributed by atoms with Gasteiger partial charge in [0.15, 0.2) is 0 Å². The minimum Gasteiger partial charge on any atom is -0.381 e. The molecule has 0 radical (unpaired) electrons. The number of carbonyl (C=O) groups is 1. The van der Waals surface area contributed by atoms with Crippen LogP contribution < -0.4 is 5.32 Å². The van der Waals surface area contributed by atoms with Crippen molar-refractivity contribution in [3.05, 3.63) is 47.6 Å². The largest absolute Gasteiger partial charge is 0.381 e. The molecule has 4 aliphatic rings. The number of aryl methyl sites for hydroxylation is 1. The second-order valence-electron chi connectivity index (χ2n) is 9.32. The van der Waals surface area contributed by atoms with Crippen LogP contribution in [-0.2, 0) is 4.74 Å². The number of aliphatic imine (C=N–C) groups is 1. The molecule has 0 aromatic heterocycles. The Kier molecular flexibility index (Phi) is 4.78. The Morgan fingerprint density at radius 2 is 2.00 bits per heavy atom. The average Bonchev–Trinajstić information content (AvgIpc) is 3.19. The van der Waals surface area contributed by atoms with E-state index < -0.39 is 7.04 Å². The number of piperidine rings is 1. The number of fused-ring (bicyclic) bond motifs is 3. The van der Waals surface area contributed by atoms with E-state index in [1.165, 1.54) is 22.4 Å². The Morgan fingerprint density at radius 3 is 2.77 bits per heavy atom. The van der Waals surface area contributed by atoms with E-state index in [-0.39, 0.29) is 18.2 Å². The molecule has 5 nitrogen and oxygen atoms in total. The molecule has 1 saturated carbocycles. The molecule has 5 heteroatoms. The van der Waals surface area contributed by atoms with Gasteiger partial charge >= 0.3 is 6.03 Å². The molecule has 2 aliphatic carbocycles. The zero-order valence-corrected chi connectivity index (χ0v) is 18.1. The highest BCUT2D eigenvalue weighted by Gasteiger charge is 2.36. The van der Waals surface area contributed by atoms with Gasteiger partial charge in [-0.1, -0.05) is 30.4 Å². The minimum absolute atomic E-state index is 0.000326. The first-order valence-corrected chi connectivity index (χ1v) is 11.6. The highest BCUT2D eigenvalue weighted by Crippen LogP contribution is 2.44. The molecular weight excluding hydrogens is 386 g/mol. The number of carbonyl (C=O) groups excluding carboxylic acids is 1. The predicted octanol–water partition coefficient (Wildman–Crippen LogP) is 5.03. The minimum atomic E-state index is -2.35. The number of allylic oxidation sites excluding steroid dienone is 4. The molecule has 0 bridgehead atoms. The third kappa shape index (κ3) is 3.96. The van der Waals surface area contributed by atoms with Gasteiger partial charge in [0, 0.05) is 43.2 Å². The molecule has 1 N–H and O–H groups in total. The van der Waals surface area contributed by atoms with Crippen LogP contribution in [0.2, 0.25) is 0 Å². The lowest BCUT2D eigenvalue weighted by atomic mass is 9.76. The maximum absolute atomic E-state index is 12.9. The number of ether oxygens (including phenoxy) is 1. The van der Waals surface area contributed by atoms with Crippen LogP contribution in [0.5, 0.6) is 0 Å². The second-order valence-corrected chi connectivity index (χ2v) is 9.32. The Bertz CT molecular complexity index is 1030. The molecule has 1 aromatic carbocycles. The van der Waals surface area contributed by atoms with Crippen molar-refractivity contribution in [3.8, 4) is 0 Å². The average molecular weight is 423 g/mol. The lowest BCUT2D eigenvalue weighted by Gasteiger charge is -2.37. The first kappa shape index (κ1) is 17.2. The molecule has 31 heavy (non-hydrogen) atoms. The number of hydrogen-bond donors (Lipinski definition) is 1. The lowest BCUT2D eigenvalue weighted by Crippen LogP contribution is -2.49. The van der Waals surface area contributed by atoms with E-state index in [1.54, 1.807) is 0 Å². The van der Waals surface area contributed by atoms with Crippen LogP contribution in [0, 0.1) is 18.8 Å². The third-order valence-electron chi connectivity index (χ3n) is 7.44. The SMILES string of the molecule is [2H]C([2H])([2H])OC1CCC(NC(=O)N2CCC(C3C=CC=C4C3=Nc3cccc(C)c34)CC2)CC1. The summed E-state index contributed by atoms with van der Waals surface area (Å²) in [5.74, 6) is 0.773. The first-order chi connectivity index (χ1) is 16.3. The van der Waals surface area contributed by atoms with E-state index in [9.17, 15) is 4.79 Å². The summed E-state index contributed by atoms with van der Waals surface area (Å²) in [5.41, 5.74) is 6.06. The molecule has 1 saturated heterocycles. The number of urea groups is 1. The molecule has 0 spiro atoms. The quantitative estimate of drug-likeness (QED) is 0.743. The van der Waals surface area contributed by atoms with Crippen molar-refractivity contribution in [3.63, 3.8) is 0 Å². The van der Waals surface area contributed by atoms with Crippen LogP contribution in [0.15, 0.2) is 41.4 Å². The van der Waals surface area contributed by atoms with E-state index in [4.69, 9.17) is 13.8 Å². The van der Waals surface area contributed by atoms with E-state index in [0.717, 1.165) is 44.5 Å². The normalized spacial score (nSPS) is 29.8. The van der Waals surface area contributed by atoms with Gasteiger partial charge in [-0.3, -0.25) is 4.99 Å². The molecule has 1 aromatic rings. The number of amides is 2. The maximum Gasteiger partial charge on any atom is 0.317 e. The van der Waals surface area contributed by atoms with Gasteiger partial charge < -0.3 is 15.0 Å². The van der Waals surface area contributed by atoms with Gasteiger partial charge in [-0.05, 0) is 63.0 Å². The number of nitrogens with one attached hydrogen (secondary N) is 1. The fourth-order valence-corrected chi connectivity index (χ4v) is 5.63. The van der Waals surface area contributed by atoms with Gasteiger partial charge in [0.1, 0.15) is 0 Å². The van der Waals surface area contributed by atoms with E-state index in [1.807, 2.05) is 4.90 Å². The Labute approximate surface area is 189 Å². The summed E-state index contributed by atoms with van der Waals surface area (Å²) in [6, 6.07) is 6.41. The van der Waals surface area contributed by atoms with Crippen LogP contribution in [0.3, 0.4) is 0 Å². The molecule has 5 rings (SSSR count). The Balaban J connectivity index is 1.13. The summed E-state index contributed by atoms with van der Waals surface area (Å²) >= 11 is 0. The van der Waals surface area contributed by atoms with Crippen LogP contribution in [0.4, 0.5) is 10.5 Å². The molecule has 2 heterocycles. The van der Waals surface area contributed by atoms with Crippen molar-refractivity contribution in [1.82, 2.24) is 10.2 Å². The summed E-state index contributed by atoms with van der Waals surface area (Å²) in [5, 5.41) is 3.17. The highest BCUT2D eigenvalue weighted by molar-refractivity contribution is 6.31. The van der Waals surface area contributed by atoms with E-state index in [2.05, 4.69) is 48.7 Å². The Morgan fingerprint density at radius 1 is 1.19 bits per heavy atom. The van der Waals surface area contributed by atoms with Gasteiger partial charge in [0.05, 0.1) is 21.6 Å². The first-order valence-electron chi connectivity index (χ1n) is 13.1. The van der Waals surface area contributed by atoms with Gasteiger partial charge in [0.2, 0.25) is 0 Å². The fourth-order valence-electron chi connectivity index (χ4n) is 5.63. The van der Waals surface area contributed by atoms with Crippen molar-refractivity contribution >= 4 is 23.0 Å². The van der Waals surface area contributed by atoms with Crippen molar-refractivity contribution in [2.45, 2.75) is 57.6 Å². The number of methoxy groups -OCH3 is 1. The molecular formula is C26H33N3O2. The molecule has 1 unspecified atom stereocenters. The van der Waals surface area contributed by atoms with Crippen LogP contribution in [0.1, 0.15) is 53.8 Å². The van der Waals surface area contributed by atoms with Crippen molar-refractivity contribution in [2.24, 2.45) is 16.8 Å². The zero-order chi connectivity index (χ0) is 23.9. The predicted molar refractivity (Wildman–Crippen MR) is 125 cm³/mol. The third-order valence-corrected chi connectivity index (χ3v) is 7.44. The Hall–Kier alpha value is -2.40. The number of rotatable bonds is 3. The standard InChI is InChI=1S/C26H33N3O2/c1-17-5-3-8-23-24(17)22-7-4-6-21(25(22)28-23)18-13-15-29(16-14-18)26(30)27-19-9-11-20(31-2)12-10-19/h3-8,18-21H,9-16H2,1-2H3,(H,27,30)/i2D3. The number of hydrogen-bond acceptors (Lipinski definition) is 3. The highest BCUT2D eigenvalue weighted by atomic mass is 16.5. The molecule has 2 fully saturated rings. The summed E-state index contributed by atoms with van der Waals surface area (Å²) in [7, 11) is -2.35. The summed E-state index contributed by atoms with van der Waals surface area (Å²) in [6.07, 6.45) is 11.2.